The lowest BCUT2D eigenvalue weighted by atomic mass is 10.2. The maximum Gasteiger partial charge on any atom is 0.207 e. The van der Waals surface area contributed by atoms with Crippen molar-refractivity contribution in [1.29, 1.82) is 0 Å². The number of hydrogen-bond acceptors (Lipinski definition) is 2. The molecule has 0 unspecified atom stereocenters. The van der Waals surface area contributed by atoms with E-state index >= 15 is 0 Å². The molecule has 1 heterocycles. The topological polar surface area (TPSA) is 46.9 Å². The van der Waals surface area contributed by atoms with E-state index in [0.29, 0.717) is 13.0 Å². The van der Waals surface area contributed by atoms with Crippen molar-refractivity contribution in [2.45, 2.75) is 6.54 Å². The van der Waals surface area contributed by atoms with E-state index in [-0.39, 0.29) is 0 Å². The van der Waals surface area contributed by atoms with Gasteiger partial charge in [0.15, 0.2) is 0 Å². The zero-order valence-corrected chi connectivity index (χ0v) is 8.13. The second-order valence-electron chi connectivity index (χ2n) is 3.10. The van der Waals surface area contributed by atoms with Crippen molar-refractivity contribution < 1.29 is 4.79 Å². The van der Waals surface area contributed by atoms with Gasteiger partial charge in [-0.3, -0.25) is 4.79 Å². The van der Waals surface area contributed by atoms with Crippen molar-refractivity contribution in [3.63, 3.8) is 0 Å². The van der Waals surface area contributed by atoms with Crippen molar-refractivity contribution >= 4 is 6.41 Å². The molecular formula is C11H11N3O. The highest BCUT2D eigenvalue weighted by Gasteiger charge is 2.01. The number of para-hydroxylation sites is 1. The van der Waals surface area contributed by atoms with Crippen LogP contribution in [0.25, 0.3) is 5.69 Å². The number of rotatable bonds is 4. The third-order valence-corrected chi connectivity index (χ3v) is 2.15. The van der Waals surface area contributed by atoms with Gasteiger partial charge in [-0.2, -0.15) is 0 Å². The first-order valence-corrected chi connectivity index (χ1v) is 4.65. The fraction of sp³-hybridized carbons (Fsp3) is 0.0909. The second-order valence-corrected chi connectivity index (χ2v) is 3.10. The summed E-state index contributed by atoms with van der Waals surface area (Å²) in [4.78, 5) is 14.2. The number of carbonyl (C=O) groups excluding carboxylic acids is 1. The molecule has 2 aromatic rings. The molecule has 1 N–H and O–H groups in total. The summed E-state index contributed by atoms with van der Waals surface area (Å²) in [6, 6.07) is 7.87. The molecule has 0 aliphatic carbocycles. The Morgan fingerprint density at radius 3 is 3.00 bits per heavy atom. The Morgan fingerprint density at radius 1 is 1.40 bits per heavy atom. The zero-order chi connectivity index (χ0) is 10.5. The third-order valence-electron chi connectivity index (χ3n) is 2.15. The molecule has 76 valence electrons. The van der Waals surface area contributed by atoms with E-state index < -0.39 is 0 Å². The number of hydrogen-bond donors (Lipinski definition) is 1. The molecule has 0 saturated carbocycles. The fourth-order valence-corrected chi connectivity index (χ4v) is 1.47. The molecule has 2 rings (SSSR count). The Hall–Kier alpha value is -2.10. The van der Waals surface area contributed by atoms with Crippen molar-refractivity contribution in [2.75, 3.05) is 0 Å². The average Bonchev–Trinajstić information content (AvgIpc) is 2.80. The van der Waals surface area contributed by atoms with Crippen LogP contribution in [-0.2, 0) is 11.3 Å². The van der Waals surface area contributed by atoms with Crippen molar-refractivity contribution in [3.8, 4) is 5.69 Å². The molecule has 0 bridgehead atoms. The lowest BCUT2D eigenvalue weighted by Gasteiger charge is -2.08. The Morgan fingerprint density at radius 2 is 2.27 bits per heavy atom. The van der Waals surface area contributed by atoms with E-state index in [1.54, 1.807) is 12.5 Å². The summed E-state index contributed by atoms with van der Waals surface area (Å²) in [5, 5.41) is 2.65. The monoisotopic (exact) mass is 201 g/mol. The number of nitrogens with zero attached hydrogens (tertiary/aromatic N) is 2. The third kappa shape index (κ3) is 2.04. The van der Waals surface area contributed by atoms with Crippen LogP contribution in [-0.4, -0.2) is 16.0 Å². The molecule has 0 aliphatic heterocycles. The highest BCUT2D eigenvalue weighted by molar-refractivity contribution is 5.48. The number of nitrogens with one attached hydrogen (secondary N) is 1. The van der Waals surface area contributed by atoms with Gasteiger partial charge in [0.2, 0.25) is 6.41 Å². The second kappa shape index (κ2) is 4.41. The average molecular weight is 201 g/mol. The standard InChI is InChI=1S/C11H11N3O/c15-9-13-7-10-3-1-2-4-11(10)14-6-5-12-8-14/h1-6,8-9H,7H2,(H,13,15). The van der Waals surface area contributed by atoms with Gasteiger partial charge in [0, 0.05) is 18.9 Å². The molecule has 0 aliphatic rings. The van der Waals surface area contributed by atoms with E-state index in [0.717, 1.165) is 11.3 Å². The molecule has 15 heavy (non-hydrogen) atoms. The van der Waals surface area contributed by atoms with E-state index in [4.69, 9.17) is 0 Å². The van der Waals surface area contributed by atoms with Crippen LogP contribution in [0.4, 0.5) is 0 Å². The van der Waals surface area contributed by atoms with Crippen LogP contribution in [0.5, 0.6) is 0 Å². The first-order valence-electron chi connectivity index (χ1n) is 4.65. The number of aromatic nitrogens is 2. The summed E-state index contributed by atoms with van der Waals surface area (Å²) < 4.78 is 1.92. The Balaban J connectivity index is 2.34. The van der Waals surface area contributed by atoms with E-state index in [1.807, 2.05) is 35.0 Å². The van der Waals surface area contributed by atoms with Gasteiger partial charge in [-0.1, -0.05) is 18.2 Å². The summed E-state index contributed by atoms with van der Waals surface area (Å²) in [5.41, 5.74) is 2.09. The van der Waals surface area contributed by atoms with Crippen LogP contribution < -0.4 is 5.32 Å². The normalized spacial score (nSPS) is 9.87. The van der Waals surface area contributed by atoms with E-state index in [1.165, 1.54) is 0 Å². The SMILES string of the molecule is O=CNCc1ccccc1-n1ccnc1. The van der Waals surface area contributed by atoms with Crippen LogP contribution in [0.15, 0.2) is 43.0 Å². The van der Waals surface area contributed by atoms with Gasteiger partial charge in [0.1, 0.15) is 0 Å². The molecule has 1 aromatic carbocycles. The van der Waals surface area contributed by atoms with Gasteiger partial charge in [0.25, 0.3) is 0 Å². The minimum Gasteiger partial charge on any atom is -0.355 e. The molecule has 0 radical (unpaired) electrons. The van der Waals surface area contributed by atoms with Crippen molar-refractivity contribution in [1.82, 2.24) is 14.9 Å². The molecular weight excluding hydrogens is 190 g/mol. The summed E-state index contributed by atoms with van der Waals surface area (Å²) in [6.45, 7) is 0.526. The van der Waals surface area contributed by atoms with Crippen LogP contribution >= 0.6 is 0 Å². The molecule has 4 heteroatoms. The van der Waals surface area contributed by atoms with Gasteiger partial charge in [-0.05, 0) is 11.6 Å². The Labute approximate surface area is 87.6 Å². The van der Waals surface area contributed by atoms with Crippen LogP contribution in [0.3, 0.4) is 0 Å². The fourth-order valence-electron chi connectivity index (χ4n) is 1.47. The highest BCUT2D eigenvalue weighted by atomic mass is 16.1. The molecule has 0 atom stereocenters. The smallest absolute Gasteiger partial charge is 0.207 e. The van der Waals surface area contributed by atoms with Crippen LogP contribution in [0.1, 0.15) is 5.56 Å². The lowest BCUT2D eigenvalue weighted by Crippen LogP contribution is -2.11. The predicted molar refractivity (Wildman–Crippen MR) is 56.5 cm³/mol. The number of carbonyl (C=O) groups is 1. The first-order chi connectivity index (χ1) is 7.42. The van der Waals surface area contributed by atoms with Gasteiger partial charge in [-0.15, -0.1) is 0 Å². The Kier molecular flexibility index (Phi) is 2.78. The summed E-state index contributed by atoms with van der Waals surface area (Å²) in [5.74, 6) is 0. The van der Waals surface area contributed by atoms with Gasteiger partial charge >= 0.3 is 0 Å². The summed E-state index contributed by atoms with van der Waals surface area (Å²) >= 11 is 0. The number of amides is 1. The highest BCUT2D eigenvalue weighted by Crippen LogP contribution is 2.13. The summed E-state index contributed by atoms with van der Waals surface area (Å²) in [7, 11) is 0. The van der Waals surface area contributed by atoms with Gasteiger partial charge in [-0.25, -0.2) is 4.98 Å². The molecule has 1 aromatic heterocycles. The molecule has 0 saturated heterocycles. The number of benzene rings is 1. The molecule has 0 fully saturated rings. The van der Waals surface area contributed by atoms with E-state index in [2.05, 4.69) is 10.3 Å². The van der Waals surface area contributed by atoms with Crippen LogP contribution in [0, 0.1) is 0 Å². The summed E-state index contributed by atoms with van der Waals surface area (Å²) in [6.07, 6.45) is 6.04. The van der Waals surface area contributed by atoms with Crippen LogP contribution in [0.2, 0.25) is 0 Å². The maximum atomic E-state index is 10.2. The lowest BCUT2D eigenvalue weighted by molar-refractivity contribution is -0.109. The van der Waals surface area contributed by atoms with E-state index in [9.17, 15) is 4.79 Å². The van der Waals surface area contributed by atoms with Crippen molar-refractivity contribution in [3.05, 3.63) is 48.5 Å². The molecule has 0 spiro atoms. The minimum atomic E-state index is 0.526. The number of imidazole rings is 1. The van der Waals surface area contributed by atoms with Gasteiger partial charge in [0.05, 0.1) is 12.0 Å². The minimum absolute atomic E-state index is 0.526. The Bertz CT molecular complexity index is 437. The quantitative estimate of drug-likeness (QED) is 0.753. The zero-order valence-electron chi connectivity index (χ0n) is 8.13. The molecule has 1 amide bonds. The maximum absolute atomic E-state index is 10.2. The largest absolute Gasteiger partial charge is 0.355 e. The molecule has 4 nitrogen and oxygen atoms in total. The first kappa shape index (κ1) is 9.45. The van der Waals surface area contributed by atoms with Gasteiger partial charge < -0.3 is 9.88 Å². The predicted octanol–water partition coefficient (Wildman–Crippen LogP) is 1.12. The van der Waals surface area contributed by atoms with Crippen molar-refractivity contribution in [2.24, 2.45) is 0 Å².